The molecule has 0 N–H and O–H groups in total. The molecule has 1 amide bonds. The Morgan fingerprint density at radius 1 is 1.03 bits per heavy atom. The van der Waals surface area contributed by atoms with Crippen LogP contribution in [0.1, 0.15) is 63.8 Å². The first-order valence-electron chi connectivity index (χ1n) is 11.6. The van der Waals surface area contributed by atoms with E-state index in [9.17, 15) is 4.79 Å². The van der Waals surface area contributed by atoms with E-state index in [1.54, 1.807) is 0 Å². The lowest BCUT2D eigenvalue weighted by Crippen LogP contribution is -2.49. The Morgan fingerprint density at radius 2 is 1.81 bits per heavy atom. The molecule has 0 bridgehead atoms. The van der Waals surface area contributed by atoms with Gasteiger partial charge >= 0.3 is 0 Å². The van der Waals surface area contributed by atoms with Gasteiger partial charge in [0.2, 0.25) is 0 Å². The highest BCUT2D eigenvalue weighted by atomic mass is 32.1. The molecular weight excluding hydrogens is 404 g/mol. The van der Waals surface area contributed by atoms with E-state index >= 15 is 0 Å². The molecule has 6 rings (SSSR count). The molecule has 5 nitrogen and oxygen atoms in total. The molecule has 0 atom stereocenters. The van der Waals surface area contributed by atoms with E-state index in [0.717, 1.165) is 55.4 Å². The van der Waals surface area contributed by atoms with Gasteiger partial charge in [0, 0.05) is 42.5 Å². The summed E-state index contributed by atoms with van der Waals surface area (Å²) >= 11 is 1.90. The van der Waals surface area contributed by atoms with Crippen molar-refractivity contribution in [3.8, 4) is 0 Å². The second-order valence-corrected chi connectivity index (χ2v) is 10.2. The van der Waals surface area contributed by atoms with E-state index in [2.05, 4.69) is 4.90 Å². The number of aryl methyl sites for hydroxylation is 3. The number of aromatic nitrogens is 2. The highest BCUT2D eigenvalue weighted by molar-refractivity contribution is 7.19. The summed E-state index contributed by atoms with van der Waals surface area (Å²) in [5.41, 5.74) is 3.37. The first kappa shape index (κ1) is 19.2. The number of hydrogen-bond donors (Lipinski definition) is 0. The second-order valence-electron chi connectivity index (χ2n) is 9.16. The molecule has 0 unspecified atom stereocenters. The molecule has 6 heteroatoms. The van der Waals surface area contributed by atoms with Crippen molar-refractivity contribution in [3.05, 3.63) is 51.7 Å². The van der Waals surface area contributed by atoms with Gasteiger partial charge in [0.15, 0.2) is 0 Å². The number of nitrogens with zero attached hydrogens (tertiary/aromatic N) is 4. The second kappa shape index (κ2) is 7.59. The third-order valence-corrected chi connectivity index (χ3v) is 8.18. The SMILES string of the molecule is Cc1ccccc1C(=O)N1CCN(c2nc(C3CC3)nc3sc4c(c23)CCCC4)CC1. The standard InChI is InChI=1S/C25H28N4OS/c1-16-6-2-3-7-18(16)25(30)29-14-12-28(13-15-29)23-21-19-8-4-5-9-20(19)31-24(21)27-22(26-23)17-10-11-17/h2-3,6-7,17H,4-5,8-15H2,1H3. The maximum absolute atomic E-state index is 13.1. The predicted molar refractivity (Wildman–Crippen MR) is 125 cm³/mol. The number of amides is 1. The molecule has 2 aromatic heterocycles. The molecule has 1 saturated carbocycles. The van der Waals surface area contributed by atoms with Crippen molar-refractivity contribution in [2.24, 2.45) is 0 Å². The summed E-state index contributed by atoms with van der Waals surface area (Å²) in [7, 11) is 0. The molecule has 3 aromatic rings. The molecule has 160 valence electrons. The molecule has 1 aliphatic heterocycles. The van der Waals surface area contributed by atoms with E-state index < -0.39 is 0 Å². The molecule has 1 aromatic carbocycles. The smallest absolute Gasteiger partial charge is 0.254 e. The van der Waals surface area contributed by atoms with Gasteiger partial charge in [-0.05, 0) is 62.6 Å². The molecule has 3 heterocycles. The predicted octanol–water partition coefficient (Wildman–Crippen LogP) is 4.72. The van der Waals surface area contributed by atoms with Crippen LogP contribution in [0.3, 0.4) is 0 Å². The maximum atomic E-state index is 13.1. The van der Waals surface area contributed by atoms with Crippen molar-refractivity contribution in [2.45, 2.75) is 51.4 Å². The number of thiophene rings is 1. The number of carbonyl (C=O) groups excluding carboxylic acids is 1. The van der Waals surface area contributed by atoms with E-state index in [0.29, 0.717) is 5.92 Å². The third kappa shape index (κ3) is 3.41. The van der Waals surface area contributed by atoms with Gasteiger partial charge < -0.3 is 9.80 Å². The molecule has 3 aliphatic rings. The summed E-state index contributed by atoms with van der Waals surface area (Å²) in [5.74, 6) is 2.87. The van der Waals surface area contributed by atoms with Crippen LogP contribution in [-0.2, 0) is 12.8 Å². The van der Waals surface area contributed by atoms with Crippen molar-refractivity contribution in [3.63, 3.8) is 0 Å². The van der Waals surface area contributed by atoms with Crippen LogP contribution in [0.15, 0.2) is 24.3 Å². The number of fused-ring (bicyclic) bond motifs is 3. The van der Waals surface area contributed by atoms with E-state index in [-0.39, 0.29) is 5.91 Å². The number of rotatable bonds is 3. The van der Waals surface area contributed by atoms with Crippen molar-refractivity contribution in [1.82, 2.24) is 14.9 Å². The molecular formula is C25H28N4OS. The number of piperazine rings is 1. The quantitative estimate of drug-likeness (QED) is 0.601. The first-order chi connectivity index (χ1) is 15.2. The Morgan fingerprint density at radius 3 is 2.58 bits per heavy atom. The van der Waals surface area contributed by atoms with Crippen molar-refractivity contribution < 1.29 is 4.79 Å². The molecule has 1 saturated heterocycles. The fourth-order valence-corrected chi connectivity index (χ4v) is 6.27. The van der Waals surface area contributed by atoms with Crippen molar-refractivity contribution >= 4 is 33.3 Å². The summed E-state index contributed by atoms with van der Waals surface area (Å²) in [6.45, 7) is 5.16. The van der Waals surface area contributed by atoms with Gasteiger partial charge in [-0.15, -0.1) is 11.3 Å². The van der Waals surface area contributed by atoms with E-state index in [4.69, 9.17) is 9.97 Å². The van der Waals surface area contributed by atoms with Gasteiger partial charge in [-0.25, -0.2) is 9.97 Å². The van der Waals surface area contributed by atoms with Crippen LogP contribution in [0, 0.1) is 6.92 Å². The number of benzene rings is 1. The van der Waals surface area contributed by atoms with Crippen LogP contribution in [0.5, 0.6) is 0 Å². The molecule has 2 aliphatic carbocycles. The zero-order valence-corrected chi connectivity index (χ0v) is 18.9. The summed E-state index contributed by atoms with van der Waals surface area (Å²) < 4.78 is 0. The maximum Gasteiger partial charge on any atom is 0.254 e. The van der Waals surface area contributed by atoms with Crippen LogP contribution in [-0.4, -0.2) is 47.0 Å². The highest BCUT2D eigenvalue weighted by Gasteiger charge is 2.32. The first-order valence-corrected chi connectivity index (χ1v) is 12.4. The van der Waals surface area contributed by atoms with Gasteiger partial charge in [0.1, 0.15) is 16.5 Å². The average Bonchev–Trinajstić information content (AvgIpc) is 3.59. The summed E-state index contributed by atoms with van der Waals surface area (Å²) in [5, 5.41) is 1.31. The Kier molecular flexibility index (Phi) is 4.71. The Hall–Kier alpha value is -2.47. The normalized spacial score (nSPS) is 19.0. The zero-order valence-electron chi connectivity index (χ0n) is 18.1. The number of anilines is 1. The molecule has 0 spiro atoms. The summed E-state index contributed by atoms with van der Waals surface area (Å²) in [6, 6.07) is 7.90. The van der Waals surface area contributed by atoms with E-state index in [1.807, 2.05) is 47.4 Å². The van der Waals surface area contributed by atoms with Crippen LogP contribution in [0.2, 0.25) is 0 Å². The molecule has 31 heavy (non-hydrogen) atoms. The summed E-state index contributed by atoms with van der Waals surface area (Å²) in [4.78, 5) is 30.3. The lowest BCUT2D eigenvalue weighted by molar-refractivity contribution is 0.0746. The highest BCUT2D eigenvalue weighted by Crippen LogP contribution is 2.44. The lowest BCUT2D eigenvalue weighted by atomic mass is 9.96. The minimum Gasteiger partial charge on any atom is -0.352 e. The Labute approximate surface area is 187 Å². The molecule has 0 radical (unpaired) electrons. The monoisotopic (exact) mass is 432 g/mol. The van der Waals surface area contributed by atoms with Crippen LogP contribution in [0.4, 0.5) is 5.82 Å². The third-order valence-electron chi connectivity index (χ3n) is 7.00. The van der Waals surface area contributed by atoms with Gasteiger partial charge in [-0.1, -0.05) is 18.2 Å². The van der Waals surface area contributed by atoms with Crippen molar-refractivity contribution in [1.29, 1.82) is 0 Å². The van der Waals surface area contributed by atoms with Crippen molar-refractivity contribution in [2.75, 3.05) is 31.1 Å². The largest absolute Gasteiger partial charge is 0.352 e. The van der Waals surface area contributed by atoms with Gasteiger partial charge in [-0.3, -0.25) is 4.79 Å². The van der Waals surface area contributed by atoms with Gasteiger partial charge in [-0.2, -0.15) is 0 Å². The Balaban J connectivity index is 1.30. The van der Waals surface area contributed by atoms with Crippen LogP contribution in [0.25, 0.3) is 10.2 Å². The molecule has 2 fully saturated rings. The fourth-order valence-electron chi connectivity index (χ4n) is 5.01. The Bertz CT molecular complexity index is 1160. The van der Waals surface area contributed by atoms with Gasteiger partial charge in [0.25, 0.3) is 5.91 Å². The van der Waals surface area contributed by atoms with Crippen LogP contribution < -0.4 is 4.90 Å². The minimum absolute atomic E-state index is 0.150. The number of carbonyl (C=O) groups is 1. The lowest BCUT2D eigenvalue weighted by Gasteiger charge is -2.36. The zero-order chi connectivity index (χ0) is 20.9. The van der Waals surface area contributed by atoms with E-state index in [1.165, 1.54) is 52.8 Å². The minimum atomic E-state index is 0.150. The summed E-state index contributed by atoms with van der Waals surface area (Å²) in [6.07, 6.45) is 7.33. The fraction of sp³-hybridized carbons (Fsp3) is 0.480. The van der Waals surface area contributed by atoms with Gasteiger partial charge in [0.05, 0.1) is 5.39 Å². The average molecular weight is 433 g/mol. The van der Waals surface area contributed by atoms with Crippen LogP contribution >= 0.6 is 11.3 Å². The topological polar surface area (TPSA) is 49.3 Å². The number of hydrogen-bond acceptors (Lipinski definition) is 5.